The lowest BCUT2D eigenvalue weighted by Crippen LogP contribution is -2.23. The van der Waals surface area contributed by atoms with Gasteiger partial charge in [-0.05, 0) is 18.2 Å². The van der Waals surface area contributed by atoms with Crippen molar-refractivity contribution in [2.24, 2.45) is 0 Å². The van der Waals surface area contributed by atoms with Crippen LogP contribution in [0.5, 0.6) is 0 Å². The molecule has 2 aromatic rings. The summed E-state index contributed by atoms with van der Waals surface area (Å²) in [5.74, 6) is 0. The maximum absolute atomic E-state index is 4.79. The van der Waals surface area contributed by atoms with Gasteiger partial charge in [0.15, 0.2) is 0 Å². The molecule has 3 nitrogen and oxygen atoms in total. The van der Waals surface area contributed by atoms with Gasteiger partial charge in [0.2, 0.25) is 0 Å². The Morgan fingerprint density at radius 1 is 1.35 bits per heavy atom. The highest BCUT2D eigenvalue weighted by atomic mass is 32.1. The molecule has 0 aliphatic heterocycles. The van der Waals surface area contributed by atoms with E-state index in [-0.39, 0.29) is 11.5 Å². The van der Waals surface area contributed by atoms with Crippen molar-refractivity contribution >= 4 is 11.3 Å². The summed E-state index contributed by atoms with van der Waals surface area (Å²) in [5, 5.41) is 6.89. The summed E-state index contributed by atoms with van der Waals surface area (Å²) < 4.78 is 0. The summed E-state index contributed by atoms with van der Waals surface area (Å²) in [4.78, 5) is 9.00. The van der Waals surface area contributed by atoms with Crippen molar-refractivity contribution in [3.63, 3.8) is 0 Å². The Labute approximate surface area is 125 Å². The Bertz CT molecular complexity index is 528. The molecular formula is C16H23N3S. The van der Waals surface area contributed by atoms with Gasteiger partial charge >= 0.3 is 0 Å². The average Bonchev–Trinajstić information content (AvgIpc) is 2.88. The van der Waals surface area contributed by atoms with Gasteiger partial charge < -0.3 is 5.32 Å². The first kappa shape index (κ1) is 15.1. The van der Waals surface area contributed by atoms with Crippen LogP contribution in [0.15, 0.2) is 29.9 Å². The third kappa shape index (κ3) is 3.87. The predicted octanol–water partition coefficient (Wildman–Crippen LogP) is 3.73. The van der Waals surface area contributed by atoms with Crippen LogP contribution in [0, 0.1) is 0 Å². The first-order chi connectivity index (χ1) is 9.50. The van der Waals surface area contributed by atoms with Crippen LogP contribution in [0.2, 0.25) is 0 Å². The zero-order chi connectivity index (χ0) is 14.6. The zero-order valence-electron chi connectivity index (χ0n) is 12.7. The number of pyridine rings is 1. The molecule has 0 aromatic carbocycles. The van der Waals surface area contributed by atoms with Crippen molar-refractivity contribution in [2.45, 2.75) is 45.6 Å². The molecule has 4 heteroatoms. The van der Waals surface area contributed by atoms with Gasteiger partial charge in [-0.3, -0.25) is 4.98 Å². The van der Waals surface area contributed by atoms with Crippen molar-refractivity contribution in [1.82, 2.24) is 15.3 Å². The fourth-order valence-corrected chi connectivity index (χ4v) is 3.13. The van der Waals surface area contributed by atoms with Crippen LogP contribution < -0.4 is 5.32 Å². The second kappa shape index (κ2) is 6.46. The van der Waals surface area contributed by atoms with Gasteiger partial charge in [0.05, 0.1) is 10.7 Å². The van der Waals surface area contributed by atoms with Crippen molar-refractivity contribution in [1.29, 1.82) is 0 Å². The summed E-state index contributed by atoms with van der Waals surface area (Å²) in [6.45, 7) is 9.68. The van der Waals surface area contributed by atoms with E-state index in [0.717, 1.165) is 13.0 Å². The van der Waals surface area contributed by atoms with E-state index in [9.17, 15) is 0 Å². The number of nitrogens with zero attached hydrogens (tertiary/aromatic N) is 2. The third-order valence-electron chi connectivity index (χ3n) is 3.24. The van der Waals surface area contributed by atoms with Gasteiger partial charge in [0, 0.05) is 35.7 Å². The number of hydrogen-bond donors (Lipinski definition) is 1. The molecule has 2 heterocycles. The molecule has 0 amide bonds. The van der Waals surface area contributed by atoms with Crippen molar-refractivity contribution < 1.29 is 0 Å². The summed E-state index contributed by atoms with van der Waals surface area (Å²) in [5.41, 5.74) is 2.53. The van der Waals surface area contributed by atoms with Gasteiger partial charge in [0.1, 0.15) is 0 Å². The number of nitrogens with one attached hydrogen (secondary N) is 1. The molecule has 0 fully saturated rings. The van der Waals surface area contributed by atoms with Gasteiger partial charge in [-0.25, -0.2) is 4.98 Å². The highest BCUT2D eigenvalue weighted by molar-refractivity contribution is 7.09. The molecule has 2 rings (SSSR count). The standard InChI is InChI=1S/C16H23N3S/c1-5-18-13(12-7-6-8-17-10-12)9-15-19-14(11-20-15)16(2,3)4/h6-8,10-11,13,18H,5,9H2,1-4H3. The number of hydrogen-bond acceptors (Lipinski definition) is 4. The molecule has 1 unspecified atom stereocenters. The molecule has 0 aliphatic carbocycles. The molecular weight excluding hydrogens is 266 g/mol. The van der Waals surface area contributed by atoms with E-state index in [2.05, 4.69) is 49.4 Å². The fourth-order valence-electron chi connectivity index (χ4n) is 2.06. The fraction of sp³-hybridized carbons (Fsp3) is 0.500. The lowest BCUT2D eigenvalue weighted by molar-refractivity contribution is 0.538. The van der Waals surface area contributed by atoms with Crippen LogP contribution in [-0.4, -0.2) is 16.5 Å². The number of likely N-dealkylation sites (N-methyl/N-ethyl adjacent to an activating group) is 1. The molecule has 0 saturated heterocycles. The normalized spacial score (nSPS) is 13.4. The molecule has 1 atom stereocenters. The lowest BCUT2D eigenvalue weighted by atomic mass is 9.93. The number of aromatic nitrogens is 2. The van der Waals surface area contributed by atoms with Crippen LogP contribution in [-0.2, 0) is 11.8 Å². The zero-order valence-corrected chi connectivity index (χ0v) is 13.5. The smallest absolute Gasteiger partial charge is 0.0947 e. The second-order valence-corrected chi connectivity index (χ2v) is 6.92. The van der Waals surface area contributed by atoms with Gasteiger partial charge in [-0.15, -0.1) is 11.3 Å². The van der Waals surface area contributed by atoms with Crippen LogP contribution in [0.25, 0.3) is 0 Å². The molecule has 2 aromatic heterocycles. The molecule has 0 saturated carbocycles. The van der Waals surface area contributed by atoms with Crippen molar-refractivity contribution in [3.8, 4) is 0 Å². The summed E-state index contributed by atoms with van der Waals surface area (Å²) in [6.07, 6.45) is 4.67. The molecule has 0 radical (unpaired) electrons. The quantitative estimate of drug-likeness (QED) is 0.911. The molecule has 0 aliphatic rings. The maximum Gasteiger partial charge on any atom is 0.0947 e. The van der Waals surface area contributed by atoms with Crippen molar-refractivity contribution in [3.05, 3.63) is 46.2 Å². The highest BCUT2D eigenvalue weighted by Gasteiger charge is 2.19. The van der Waals surface area contributed by atoms with Crippen LogP contribution in [0.1, 0.15) is 50.0 Å². The summed E-state index contributed by atoms with van der Waals surface area (Å²) in [7, 11) is 0. The Kier molecular flexibility index (Phi) is 4.89. The minimum absolute atomic E-state index is 0.122. The SMILES string of the molecule is CCNC(Cc1nc(C(C)(C)C)cs1)c1cccnc1. The van der Waals surface area contributed by atoms with Crippen LogP contribution in [0.3, 0.4) is 0 Å². The van der Waals surface area contributed by atoms with E-state index >= 15 is 0 Å². The number of rotatable bonds is 5. The lowest BCUT2D eigenvalue weighted by Gasteiger charge is -2.17. The van der Waals surface area contributed by atoms with E-state index in [0.29, 0.717) is 0 Å². The van der Waals surface area contributed by atoms with Crippen LogP contribution in [0.4, 0.5) is 0 Å². The Hall–Kier alpha value is -1.26. The minimum Gasteiger partial charge on any atom is -0.310 e. The van der Waals surface area contributed by atoms with Gasteiger partial charge in [0.25, 0.3) is 0 Å². The van der Waals surface area contributed by atoms with Crippen molar-refractivity contribution in [2.75, 3.05) is 6.54 Å². The molecule has 108 valence electrons. The first-order valence-electron chi connectivity index (χ1n) is 7.09. The second-order valence-electron chi connectivity index (χ2n) is 5.98. The van der Waals surface area contributed by atoms with E-state index in [1.165, 1.54) is 16.3 Å². The third-order valence-corrected chi connectivity index (χ3v) is 4.11. The van der Waals surface area contributed by atoms with E-state index in [1.807, 2.05) is 18.5 Å². The Morgan fingerprint density at radius 2 is 2.15 bits per heavy atom. The highest BCUT2D eigenvalue weighted by Crippen LogP contribution is 2.26. The molecule has 0 spiro atoms. The maximum atomic E-state index is 4.79. The predicted molar refractivity (Wildman–Crippen MR) is 85.2 cm³/mol. The largest absolute Gasteiger partial charge is 0.310 e. The first-order valence-corrected chi connectivity index (χ1v) is 7.97. The van der Waals surface area contributed by atoms with E-state index in [4.69, 9.17) is 4.98 Å². The Morgan fingerprint density at radius 3 is 2.70 bits per heavy atom. The monoisotopic (exact) mass is 289 g/mol. The van der Waals surface area contributed by atoms with Gasteiger partial charge in [-0.1, -0.05) is 33.8 Å². The average molecular weight is 289 g/mol. The molecule has 0 bridgehead atoms. The van der Waals surface area contributed by atoms with Crippen LogP contribution >= 0.6 is 11.3 Å². The number of thiazole rings is 1. The topological polar surface area (TPSA) is 37.8 Å². The summed E-state index contributed by atoms with van der Waals surface area (Å²) in [6, 6.07) is 4.40. The summed E-state index contributed by atoms with van der Waals surface area (Å²) >= 11 is 1.75. The van der Waals surface area contributed by atoms with E-state index in [1.54, 1.807) is 11.3 Å². The van der Waals surface area contributed by atoms with E-state index < -0.39 is 0 Å². The minimum atomic E-state index is 0.122. The molecule has 20 heavy (non-hydrogen) atoms. The Balaban J connectivity index is 2.15. The van der Waals surface area contributed by atoms with Gasteiger partial charge in [-0.2, -0.15) is 0 Å². The molecule has 1 N–H and O–H groups in total.